The minimum absolute atomic E-state index is 0.168. The second-order valence-electron chi connectivity index (χ2n) is 7.14. The molecule has 1 aliphatic heterocycles. The minimum atomic E-state index is -1.13. The molecule has 1 aromatic carbocycles. The molecule has 2 N–H and O–H groups in total. The molecule has 3 rings (SSSR count). The van der Waals surface area contributed by atoms with Gasteiger partial charge < -0.3 is 24.5 Å². The molecule has 2 atom stereocenters. The zero-order chi connectivity index (χ0) is 22.7. The molecule has 0 saturated heterocycles. The maximum atomic E-state index is 12.8. The second kappa shape index (κ2) is 9.03. The lowest BCUT2D eigenvalue weighted by atomic mass is 10.1. The van der Waals surface area contributed by atoms with Crippen molar-refractivity contribution in [1.82, 2.24) is 4.98 Å². The molecule has 0 fully saturated rings. The van der Waals surface area contributed by atoms with Crippen LogP contribution in [0.2, 0.25) is 0 Å². The number of ether oxygens (including phenoxy) is 3. The summed E-state index contributed by atoms with van der Waals surface area (Å²) in [5, 5.41) is 2.67. The summed E-state index contributed by atoms with van der Waals surface area (Å²) in [6, 6.07) is 6.87. The first kappa shape index (κ1) is 22.1. The summed E-state index contributed by atoms with van der Waals surface area (Å²) >= 11 is 0. The SMILES string of the molecule is CCOC(=O)c1c(C)[nH]c(C(=O)C(C)OC(=O)CC2Oc3ccccc3NC2=O)c1C. The van der Waals surface area contributed by atoms with Crippen molar-refractivity contribution >= 4 is 29.3 Å². The van der Waals surface area contributed by atoms with Crippen molar-refractivity contribution in [3.05, 3.63) is 46.8 Å². The number of rotatable bonds is 7. The number of hydrogen-bond acceptors (Lipinski definition) is 7. The summed E-state index contributed by atoms with van der Waals surface area (Å²) in [6.45, 7) is 6.61. The van der Waals surface area contributed by atoms with Gasteiger partial charge in [-0.2, -0.15) is 0 Å². The molecule has 164 valence electrons. The Balaban J connectivity index is 1.65. The number of fused-ring (bicyclic) bond motifs is 1. The molecule has 1 amide bonds. The van der Waals surface area contributed by atoms with Crippen molar-refractivity contribution in [3.8, 4) is 5.75 Å². The lowest BCUT2D eigenvalue weighted by Crippen LogP contribution is -2.39. The number of carbonyl (C=O) groups is 4. The van der Waals surface area contributed by atoms with Gasteiger partial charge in [-0.1, -0.05) is 12.1 Å². The quantitative estimate of drug-likeness (QED) is 0.513. The lowest BCUT2D eigenvalue weighted by molar-refractivity contribution is -0.150. The third-order valence-electron chi connectivity index (χ3n) is 4.90. The summed E-state index contributed by atoms with van der Waals surface area (Å²) < 4.78 is 15.8. The van der Waals surface area contributed by atoms with Crippen molar-refractivity contribution in [2.45, 2.75) is 46.3 Å². The van der Waals surface area contributed by atoms with Gasteiger partial charge in [-0.25, -0.2) is 4.79 Å². The highest BCUT2D eigenvalue weighted by atomic mass is 16.6. The third-order valence-corrected chi connectivity index (χ3v) is 4.90. The van der Waals surface area contributed by atoms with E-state index < -0.39 is 35.8 Å². The van der Waals surface area contributed by atoms with Crippen molar-refractivity contribution in [2.24, 2.45) is 0 Å². The Hall–Kier alpha value is -3.62. The van der Waals surface area contributed by atoms with Gasteiger partial charge in [0.15, 0.2) is 12.2 Å². The molecule has 31 heavy (non-hydrogen) atoms. The van der Waals surface area contributed by atoms with Crippen LogP contribution in [0.25, 0.3) is 0 Å². The highest BCUT2D eigenvalue weighted by molar-refractivity contribution is 6.04. The summed E-state index contributed by atoms with van der Waals surface area (Å²) in [6.07, 6.45) is -2.54. The van der Waals surface area contributed by atoms with Gasteiger partial charge in [0.05, 0.1) is 30.0 Å². The van der Waals surface area contributed by atoms with Crippen LogP contribution in [0.3, 0.4) is 0 Å². The summed E-state index contributed by atoms with van der Waals surface area (Å²) in [4.78, 5) is 52.3. The number of hydrogen-bond donors (Lipinski definition) is 2. The number of benzene rings is 1. The van der Waals surface area contributed by atoms with Gasteiger partial charge in [0.2, 0.25) is 5.78 Å². The van der Waals surface area contributed by atoms with Gasteiger partial charge >= 0.3 is 11.9 Å². The number of carbonyl (C=O) groups excluding carboxylic acids is 4. The Kier molecular flexibility index (Phi) is 6.43. The van der Waals surface area contributed by atoms with E-state index in [1.807, 2.05) is 0 Å². The Morgan fingerprint density at radius 2 is 1.90 bits per heavy atom. The highest BCUT2D eigenvalue weighted by Gasteiger charge is 2.32. The fraction of sp³-hybridized carbons (Fsp3) is 0.364. The third kappa shape index (κ3) is 4.60. The molecule has 0 spiro atoms. The van der Waals surface area contributed by atoms with E-state index in [1.54, 1.807) is 45.0 Å². The van der Waals surface area contributed by atoms with E-state index in [9.17, 15) is 19.2 Å². The minimum Gasteiger partial charge on any atom is -0.478 e. The summed E-state index contributed by atoms with van der Waals surface area (Å²) in [5.74, 6) is -1.80. The van der Waals surface area contributed by atoms with Crippen molar-refractivity contribution < 1.29 is 33.4 Å². The molecule has 9 nitrogen and oxygen atoms in total. The number of amides is 1. The molecule has 0 radical (unpaired) electrons. The van der Waals surface area contributed by atoms with Gasteiger partial charge in [0.25, 0.3) is 5.91 Å². The molecular formula is C22H24N2O7. The van der Waals surface area contributed by atoms with E-state index in [-0.39, 0.29) is 24.3 Å². The van der Waals surface area contributed by atoms with Crippen molar-refractivity contribution in [1.29, 1.82) is 0 Å². The molecular weight excluding hydrogens is 404 g/mol. The smallest absolute Gasteiger partial charge is 0.340 e. The van der Waals surface area contributed by atoms with Crippen LogP contribution >= 0.6 is 0 Å². The van der Waals surface area contributed by atoms with Gasteiger partial charge in [0, 0.05) is 5.69 Å². The Morgan fingerprint density at radius 1 is 1.19 bits per heavy atom. The van der Waals surface area contributed by atoms with Crippen LogP contribution < -0.4 is 10.1 Å². The van der Waals surface area contributed by atoms with Crippen LogP contribution in [0.15, 0.2) is 24.3 Å². The van der Waals surface area contributed by atoms with Gasteiger partial charge in [-0.3, -0.25) is 14.4 Å². The molecule has 2 heterocycles. The molecule has 0 aliphatic carbocycles. The first-order valence-electron chi connectivity index (χ1n) is 9.89. The number of H-pyrrole nitrogens is 1. The number of nitrogens with one attached hydrogen (secondary N) is 2. The van der Waals surface area contributed by atoms with E-state index in [0.717, 1.165) is 0 Å². The number of para-hydroxylation sites is 2. The van der Waals surface area contributed by atoms with Crippen LogP contribution in [0.5, 0.6) is 5.75 Å². The normalized spacial score (nSPS) is 15.9. The average Bonchev–Trinajstić information content (AvgIpc) is 3.02. The van der Waals surface area contributed by atoms with Crippen LogP contribution in [-0.2, 0) is 19.1 Å². The van der Waals surface area contributed by atoms with Crippen LogP contribution in [0, 0.1) is 13.8 Å². The number of ketones is 1. The monoisotopic (exact) mass is 428 g/mol. The molecule has 1 aliphatic rings. The predicted octanol–water partition coefficient (Wildman–Crippen LogP) is 2.71. The molecule has 1 aromatic heterocycles. The van der Waals surface area contributed by atoms with Crippen LogP contribution in [0.1, 0.15) is 52.4 Å². The van der Waals surface area contributed by atoms with E-state index >= 15 is 0 Å². The Labute approximate surface area is 179 Å². The van der Waals surface area contributed by atoms with E-state index in [4.69, 9.17) is 14.2 Å². The average molecular weight is 428 g/mol. The van der Waals surface area contributed by atoms with E-state index in [2.05, 4.69) is 10.3 Å². The molecule has 0 bridgehead atoms. The fourth-order valence-corrected chi connectivity index (χ4v) is 3.39. The first-order chi connectivity index (χ1) is 14.7. The number of aromatic amines is 1. The molecule has 2 unspecified atom stereocenters. The first-order valence-corrected chi connectivity index (χ1v) is 9.89. The maximum absolute atomic E-state index is 12.8. The topological polar surface area (TPSA) is 124 Å². The number of anilines is 1. The van der Waals surface area contributed by atoms with Crippen LogP contribution in [-0.4, -0.2) is 47.4 Å². The zero-order valence-corrected chi connectivity index (χ0v) is 17.7. The van der Waals surface area contributed by atoms with E-state index in [0.29, 0.717) is 22.7 Å². The van der Waals surface area contributed by atoms with Crippen molar-refractivity contribution in [3.63, 3.8) is 0 Å². The van der Waals surface area contributed by atoms with Gasteiger partial charge in [0.1, 0.15) is 5.75 Å². The zero-order valence-electron chi connectivity index (χ0n) is 17.7. The largest absolute Gasteiger partial charge is 0.478 e. The van der Waals surface area contributed by atoms with Crippen LogP contribution in [0.4, 0.5) is 5.69 Å². The highest BCUT2D eigenvalue weighted by Crippen LogP contribution is 2.29. The predicted molar refractivity (Wildman–Crippen MR) is 110 cm³/mol. The van der Waals surface area contributed by atoms with Crippen molar-refractivity contribution in [2.75, 3.05) is 11.9 Å². The number of aryl methyl sites for hydroxylation is 1. The second-order valence-corrected chi connectivity index (χ2v) is 7.14. The maximum Gasteiger partial charge on any atom is 0.340 e. The molecule has 0 saturated carbocycles. The number of Topliss-reactive ketones (excluding diaryl/α,β-unsaturated/α-hetero) is 1. The van der Waals surface area contributed by atoms with E-state index in [1.165, 1.54) is 6.92 Å². The Bertz CT molecular complexity index is 1040. The van der Waals surface area contributed by atoms with Gasteiger partial charge in [-0.15, -0.1) is 0 Å². The standard InChI is InChI=1S/C22H24N2O7/c1-5-29-22(28)18-11(2)19(23-12(18)3)20(26)13(4)30-17(25)10-16-21(27)24-14-8-6-7-9-15(14)31-16/h6-9,13,16,23H,5,10H2,1-4H3,(H,24,27). The fourth-order valence-electron chi connectivity index (χ4n) is 3.39. The number of aromatic nitrogens is 1. The van der Waals surface area contributed by atoms with Gasteiger partial charge in [-0.05, 0) is 45.4 Å². The molecule has 2 aromatic rings. The lowest BCUT2D eigenvalue weighted by Gasteiger charge is -2.25. The number of esters is 2. The summed E-state index contributed by atoms with van der Waals surface area (Å²) in [5.41, 5.74) is 1.89. The molecule has 9 heteroatoms. The summed E-state index contributed by atoms with van der Waals surface area (Å²) in [7, 11) is 0. The Morgan fingerprint density at radius 3 is 2.61 bits per heavy atom.